The van der Waals surface area contributed by atoms with E-state index in [2.05, 4.69) is 0 Å². The van der Waals surface area contributed by atoms with Crippen LogP contribution in [-0.2, 0) is 20.9 Å². The third kappa shape index (κ3) is 3.95. The number of hydrogen-bond donors (Lipinski definition) is 0. The summed E-state index contributed by atoms with van der Waals surface area (Å²) in [5.41, 5.74) is 0.912. The van der Waals surface area contributed by atoms with Crippen molar-refractivity contribution < 1.29 is 19.1 Å². The Morgan fingerprint density at radius 1 is 1.24 bits per heavy atom. The lowest BCUT2D eigenvalue weighted by molar-refractivity contribution is -0.148. The first kappa shape index (κ1) is 15.3. The topological polar surface area (TPSA) is 59.1 Å². The fraction of sp³-hybridized carbons (Fsp3) is 0.467. The van der Waals surface area contributed by atoms with Crippen molar-refractivity contribution in [1.29, 1.82) is 0 Å². The summed E-state index contributed by atoms with van der Waals surface area (Å²) >= 11 is 0. The molecule has 21 heavy (non-hydrogen) atoms. The molecule has 6 nitrogen and oxygen atoms in total. The summed E-state index contributed by atoms with van der Waals surface area (Å²) in [5.74, 6) is -0.418. The van der Waals surface area contributed by atoms with Crippen molar-refractivity contribution in [2.75, 3.05) is 33.8 Å². The van der Waals surface area contributed by atoms with Gasteiger partial charge in [0.05, 0.1) is 7.11 Å². The lowest BCUT2D eigenvalue weighted by Crippen LogP contribution is -2.57. The van der Waals surface area contributed by atoms with Gasteiger partial charge in [-0.25, -0.2) is 9.59 Å². The molecule has 0 aliphatic carbocycles. The smallest absolute Gasteiger partial charge is 0.410 e. The molecule has 0 unspecified atom stereocenters. The molecule has 6 heteroatoms. The molecule has 2 rings (SSSR count). The molecule has 1 saturated heterocycles. The average Bonchev–Trinajstić information content (AvgIpc) is 2.52. The summed E-state index contributed by atoms with van der Waals surface area (Å²) in [6.45, 7) is 1.80. The summed E-state index contributed by atoms with van der Waals surface area (Å²) in [7, 11) is 3.23. The maximum atomic E-state index is 12.2. The monoisotopic (exact) mass is 292 g/mol. The molecule has 114 valence electrons. The first-order valence-electron chi connectivity index (χ1n) is 6.85. The number of benzene rings is 1. The molecular formula is C15H20N2O4. The van der Waals surface area contributed by atoms with Gasteiger partial charge < -0.3 is 14.4 Å². The summed E-state index contributed by atoms with van der Waals surface area (Å²) in [5, 5.41) is 0. The minimum atomic E-state index is -0.614. The van der Waals surface area contributed by atoms with Crippen LogP contribution in [0.15, 0.2) is 30.3 Å². The molecule has 1 heterocycles. The van der Waals surface area contributed by atoms with E-state index in [0.29, 0.717) is 19.6 Å². The van der Waals surface area contributed by atoms with Crippen LogP contribution >= 0.6 is 0 Å². The highest BCUT2D eigenvalue weighted by molar-refractivity contribution is 5.81. The Labute approximate surface area is 124 Å². The number of carbonyl (C=O) groups is 2. The van der Waals surface area contributed by atoms with E-state index >= 15 is 0 Å². The van der Waals surface area contributed by atoms with Gasteiger partial charge in [0.1, 0.15) is 12.6 Å². The van der Waals surface area contributed by atoms with Crippen molar-refractivity contribution in [3.63, 3.8) is 0 Å². The number of esters is 1. The predicted molar refractivity (Wildman–Crippen MR) is 76.6 cm³/mol. The highest BCUT2D eigenvalue weighted by Gasteiger charge is 2.35. The lowest BCUT2D eigenvalue weighted by atomic mass is 10.2. The van der Waals surface area contributed by atoms with Crippen molar-refractivity contribution in [1.82, 2.24) is 9.80 Å². The fourth-order valence-corrected chi connectivity index (χ4v) is 2.28. The van der Waals surface area contributed by atoms with E-state index in [1.165, 1.54) is 12.0 Å². The Morgan fingerprint density at radius 3 is 2.62 bits per heavy atom. The van der Waals surface area contributed by atoms with Crippen molar-refractivity contribution in [2.45, 2.75) is 12.6 Å². The summed E-state index contributed by atoms with van der Waals surface area (Å²) < 4.78 is 10.1. The van der Waals surface area contributed by atoms with Crippen LogP contribution < -0.4 is 0 Å². The molecule has 1 aromatic carbocycles. The largest absolute Gasteiger partial charge is 0.467 e. The first-order chi connectivity index (χ1) is 10.1. The number of ether oxygens (including phenoxy) is 2. The summed E-state index contributed by atoms with van der Waals surface area (Å²) in [6.07, 6.45) is -0.484. The van der Waals surface area contributed by atoms with Gasteiger partial charge in [-0.05, 0) is 12.6 Å². The van der Waals surface area contributed by atoms with E-state index in [0.717, 1.165) is 5.56 Å². The molecule has 1 aliphatic heterocycles. The third-order valence-electron chi connectivity index (χ3n) is 3.50. The van der Waals surface area contributed by atoms with Gasteiger partial charge in [-0.2, -0.15) is 0 Å². The average molecular weight is 292 g/mol. The predicted octanol–water partition coefficient (Wildman–Crippen LogP) is 1.11. The maximum Gasteiger partial charge on any atom is 0.410 e. The van der Waals surface area contributed by atoms with Crippen molar-refractivity contribution in [2.24, 2.45) is 0 Å². The Balaban J connectivity index is 1.97. The normalized spacial score (nSPS) is 19.1. The molecule has 1 aliphatic rings. The van der Waals surface area contributed by atoms with Gasteiger partial charge in [-0.3, -0.25) is 4.90 Å². The zero-order valence-electron chi connectivity index (χ0n) is 12.3. The van der Waals surface area contributed by atoms with Gasteiger partial charge in [-0.15, -0.1) is 0 Å². The number of methoxy groups -OCH3 is 1. The van der Waals surface area contributed by atoms with E-state index < -0.39 is 18.1 Å². The lowest BCUT2D eigenvalue weighted by Gasteiger charge is -2.37. The van der Waals surface area contributed by atoms with Crippen molar-refractivity contribution >= 4 is 12.1 Å². The van der Waals surface area contributed by atoms with Crippen LogP contribution in [0.25, 0.3) is 0 Å². The minimum Gasteiger partial charge on any atom is -0.467 e. The quantitative estimate of drug-likeness (QED) is 0.781. The zero-order valence-corrected chi connectivity index (χ0v) is 12.3. The second kappa shape index (κ2) is 7.08. The second-order valence-electron chi connectivity index (χ2n) is 5.03. The molecule has 0 aromatic heterocycles. The van der Waals surface area contributed by atoms with Gasteiger partial charge in [0.2, 0.25) is 0 Å². The summed E-state index contributed by atoms with van der Waals surface area (Å²) in [4.78, 5) is 27.4. The first-order valence-corrected chi connectivity index (χ1v) is 6.85. The third-order valence-corrected chi connectivity index (χ3v) is 3.50. The molecule has 1 aromatic rings. The van der Waals surface area contributed by atoms with Gasteiger partial charge in [-0.1, -0.05) is 30.3 Å². The number of nitrogens with zero attached hydrogens (tertiary/aromatic N) is 2. The van der Waals surface area contributed by atoms with E-state index in [4.69, 9.17) is 9.47 Å². The molecule has 1 atom stereocenters. The molecular weight excluding hydrogens is 272 g/mol. The van der Waals surface area contributed by atoms with Crippen LogP contribution in [0.5, 0.6) is 0 Å². The van der Waals surface area contributed by atoms with Gasteiger partial charge in [0, 0.05) is 19.6 Å². The van der Waals surface area contributed by atoms with Crippen LogP contribution in [0.4, 0.5) is 4.79 Å². The number of piperazine rings is 1. The Morgan fingerprint density at radius 2 is 1.95 bits per heavy atom. The number of rotatable bonds is 3. The molecule has 0 bridgehead atoms. The zero-order chi connectivity index (χ0) is 15.2. The molecule has 0 saturated carbocycles. The van der Waals surface area contributed by atoms with Crippen LogP contribution in [0.1, 0.15) is 5.56 Å². The standard InChI is InChI=1S/C15H20N2O4/c1-16-8-9-17(13(10-16)14(18)20-2)15(19)21-11-12-6-4-3-5-7-12/h3-7,13H,8-11H2,1-2H3/t13-/m0/s1. The molecule has 0 radical (unpaired) electrons. The number of hydrogen-bond acceptors (Lipinski definition) is 5. The molecule has 0 spiro atoms. The Bertz CT molecular complexity index is 492. The van der Waals surface area contributed by atoms with Gasteiger partial charge in [0.25, 0.3) is 0 Å². The molecule has 1 amide bonds. The Kier molecular flexibility index (Phi) is 5.16. The van der Waals surface area contributed by atoms with Crippen molar-refractivity contribution in [3.8, 4) is 0 Å². The minimum absolute atomic E-state index is 0.194. The Hall–Kier alpha value is -2.08. The van der Waals surface area contributed by atoms with Crippen LogP contribution in [-0.4, -0.2) is 61.7 Å². The number of carbonyl (C=O) groups excluding carboxylic acids is 2. The highest BCUT2D eigenvalue weighted by atomic mass is 16.6. The summed E-state index contributed by atoms with van der Waals surface area (Å²) in [6, 6.07) is 8.83. The van der Waals surface area contributed by atoms with E-state index in [1.807, 2.05) is 42.3 Å². The molecule has 0 N–H and O–H groups in total. The highest BCUT2D eigenvalue weighted by Crippen LogP contribution is 2.13. The van der Waals surface area contributed by atoms with Gasteiger partial charge in [0.15, 0.2) is 0 Å². The van der Waals surface area contributed by atoms with Crippen LogP contribution in [0.3, 0.4) is 0 Å². The second-order valence-corrected chi connectivity index (χ2v) is 5.03. The molecule has 1 fully saturated rings. The SMILES string of the molecule is COC(=O)[C@@H]1CN(C)CCN1C(=O)OCc1ccccc1. The fourth-order valence-electron chi connectivity index (χ4n) is 2.28. The van der Waals surface area contributed by atoms with E-state index in [9.17, 15) is 9.59 Å². The van der Waals surface area contributed by atoms with E-state index in [1.54, 1.807) is 0 Å². The number of amides is 1. The van der Waals surface area contributed by atoms with Crippen LogP contribution in [0.2, 0.25) is 0 Å². The van der Waals surface area contributed by atoms with Crippen LogP contribution in [0, 0.1) is 0 Å². The van der Waals surface area contributed by atoms with E-state index in [-0.39, 0.29) is 6.61 Å². The number of likely N-dealkylation sites (N-methyl/N-ethyl adjacent to an activating group) is 1. The van der Waals surface area contributed by atoms with Crippen molar-refractivity contribution in [3.05, 3.63) is 35.9 Å². The van der Waals surface area contributed by atoms with Gasteiger partial charge >= 0.3 is 12.1 Å². The maximum absolute atomic E-state index is 12.2.